The van der Waals surface area contributed by atoms with Gasteiger partial charge >= 0.3 is 0 Å². The molecule has 0 unspecified atom stereocenters. The lowest BCUT2D eigenvalue weighted by atomic mass is 10.1. The number of fused-ring (bicyclic) bond motifs is 1. The van der Waals surface area contributed by atoms with Crippen LogP contribution in [-0.4, -0.2) is 6.61 Å². The number of nitrogens with zero attached hydrogens (tertiary/aromatic N) is 1. The minimum absolute atomic E-state index is 0.166. The molecule has 1 heterocycles. The number of rotatable bonds is 0. The average Bonchev–Trinajstić information content (AvgIpc) is 2.48. The molecule has 0 fully saturated rings. The maximum Gasteiger partial charge on any atom is 0.142 e. The zero-order chi connectivity index (χ0) is 9.42. The smallest absolute Gasteiger partial charge is 0.142 e. The Morgan fingerprint density at radius 1 is 1.62 bits per heavy atom. The topological polar surface area (TPSA) is 59.0 Å². The van der Waals surface area contributed by atoms with E-state index in [0.29, 0.717) is 22.9 Å². The van der Waals surface area contributed by atoms with Crippen molar-refractivity contribution in [3.8, 4) is 11.8 Å². The highest BCUT2D eigenvalue weighted by Crippen LogP contribution is 2.38. The highest BCUT2D eigenvalue weighted by molar-refractivity contribution is 6.32. The molecule has 13 heavy (non-hydrogen) atoms. The van der Waals surface area contributed by atoms with Crippen LogP contribution in [0.2, 0.25) is 5.02 Å². The summed E-state index contributed by atoms with van der Waals surface area (Å²) in [5.41, 5.74) is 7.09. The van der Waals surface area contributed by atoms with Crippen LogP contribution >= 0.6 is 11.6 Å². The van der Waals surface area contributed by atoms with Crippen molar-refractivity contribution in [2.75, 3.05) is 6.61 Å². The van der Waals surface area contributed by atoms with E-state index in [1.807, 2.05) is 6.07 Å². The quantitative estimate of drug-likeness (QED) is 0.683. The maximum absolute atomic E-state index is 8.69. The van der Waals surface area contributed by atoms with Crippen molar-refractivity contribution in [1.29, 1.82) is 5.26 Å². The minimum Gasteiger partial charge on any atom is -0.490 e. The summed E-state index contributed by atoms with van der Waals surface area (Å²) in [6.45, 7) is 0.434. The van der Waals surface area contributed by atoms with Crippen molar-refractivity contribution in [2.24, 2.45) is 5.73 Å². The van der Waals surface area contributed by atoms with Crippen molar-refractivity contribution in [3.63, 3.8) is 0 Å². The van der Waals surface area contributed by atoms with Gasteiger partial charge in [-0.05, 0) is 12.1 Å². The van der Waals surface area contributed by atoms with E-state index in [-0.39, 0.29) is 6.04 Å². The van der Waals surface area contributed by atoms with Gasteiger partial charge in [-0.2, -0.15) is 5.26 Å². The fourth-order valence-corrected chi connectivity index (χ4v) is 1.65. The van der Waals surface area contributed by atoms with E-state index in [4.69, 9.17) is 27.3 Å². The molecule has 0 bridgehead atoms. The van der Waals surface area contributed by atoms with Crippen LogP contribution in [0.25, 0.3) is 0 Å². The third-order valence-electron chi connectivity index (χ3n) is 2.01. The van der Waals surface area contributed by atoms with Gasteiger partial charge in [-0.15, -0.1) is 0 Å². The second-order valence-corrected chi connectivity index (χ2v) is 3.31. The van der Waals surface area contributed by atoms with Crippen LogP contribution in [-0.2, 0) is 0 Å². The molecule has 1 aliphatic heterocycles. The first kappa shape index (κ1) is 8.36. The molecule has 0 spiro atoms. The first-order valence-electron chi connectivity index (χ1n) is 3.84. The predicted molar refractivity (Wildman–Crippen MR) is 48.6 cm³/mol. The molecule has 0 aromatic heterocycles. The Bertz CT molecular complexity index is 397. The molecule has 0 amide bonds. The molecule has 0 radical (unpaired) electrons. The minimum atomic E-state index is -0.166. The van der Waals surface area contributed by atoms with E-state index < -0.39 is 0 Å². The van der Waals surface area contributed by atoms with E-state index in [1.54, 1.807) is 12.1 Å². The summed E-state index contributed by atoms with van der Waals surface area (Å²) < 4.78 is 5.27. The Labute approximate surface area is 80.7 Å². The predicted octanol–water partition coefficient (Wildman–Crippen LogP) is 1.60. The van der Waals surface area contributed by atoms with Gasteiger partial charge in [0.1, 0.15) is 12.4 Å². The Balaban J connectivity index is 2.61. The van der Waals surface area contributed by atoms with Crippen LogP contribution in [0.4, 0.5) is 0 Å². The van der Waals surface area contributed by atoms with Crippen molar-refractivity contribution in [2.45, 2.75) is 6.04 Å². The number of halogens is 1. The third-order valence-corrected chi connectivity index (χ3v) is 2.29. The number of nitrogens with two attached hydrogens (primary N) is 1. The van der Waals surface area contributed by atoms with Crippen LogP contribution in [0.5, 0.6) is 5.75 Å². The van der Waals surface area contributed by atoms with E-state index in [2.05, 4.69) is 0 Å². The van der Waals surface area contributed by atoms with Crippen molar-refractivity contribution < 1.29 is 4.74 Å². The Hall–Kier alpha value is -1.24. The number of benzene rings is 1. The highest BCUT2D eigenvalue weighted by atomic mass is 35.5. The standard InChI is InChI=1S/C9H7ClN2O/c10-7-2-5(3-11)1-6-8(12)4-13-9(6)7/h1-2,8H,4,12H2/t8-/m1/s1. The van der Waals surface area contributed by atoms with Gasteiger partial charge in [-0.1, -0.05) is 11.6 Å². The van der Waals surface area contributed by atoms with Crippen molar-refractivity contribution in [1.82, 2.24) is 0 Å². The van der Waals surface area contributed by atoms with Gasteiger partial charge in [-0.25, -0.2) is 0 Å². The molecule has 4 heteroatoms. The summed E-state index contributed by atoms with van der Waals surface area (Å²) in [6.07, 6.45) is 0. The molecule has 1 aliphatic rings. The molecule has 0 saturated heterocycles. The molecular weight excluding hydrogens is 188 g/mol. The van der Waals surface area contributed by atoms with Gasteiger partial charge < -0.3 is 10.5 Å². The van der Waals surface area contributed by atoms with Crippen molar-refractivity contribution in [3.05, 3.63) is 28.3 Å². The molecular formula is C9H7ClN2O. The summed E-state index contributed by atoms with van der Waals surface area (Å²) in [7, 11) is 0. The molecule has 0 aliphatic carbocycles. The lowest BCUT2D eigenvalue weighted by molar-refractivity contribution is 0.333. The first-order chi connectivity index (χ1) is 6.22. The normalized spacial score (nSPS) is 19.0. The summed E-state index contributed by atoms with van der Waals surface area (Å²) in [4.78, 5) is 0. The molecule has 1 atom stereocenters. The van der Waals surface area contributed by atoms with Crippen LogP contribution in [0, 0.1) is 11.3 Å². The Morgan fingerprint density at radius 2 is 2.38 bits per heavy atom. The molecule has 1 aromatic carbocycles. The Kier molecular flexibility index (Phi) is 1.87. The highest BCUT2D eigenvalue weighted by Gasteiger charge is 2.23. The van der Waals surface area contributed by atoms with Gasteiger partial charge in [0.05, 0.1) is 22.7 Å². The molecule has 66 valence electrons. The van der Waals surface area contributed by atoms with Gasteiger partial charge in [-0.3, -0.25) is 0 Å². The maximum atomic E-state index is 8.69. The number of hydrogen-bond acceptors (Lipinski definition) is 3. The van der Waals surface area contributed by atoms with Gasteiger partial charge in [0, 0.05) is 5.56 Å². The Morgan fingerprint density at radius 3 is 3.08 bits per heavy atom. The SMILES string of the molecule is N#Cc1cc(Cl)c2c(c1)[C@H](N)CO2. The zero-order valence-corrected chi connectivity index (χ0v) is 7.51. The average molecular weight is 195 g/mol. The number of ether oxygens (including phenoxy) is 1. The van der Waals surface area contributed by atoms with Crippen LogP contribution in [0.1, 0.15) is 17.2 Å². The molecule has 1 aromatic rings. The van der Waals surface area contributed by atoms with Gasteiger partial charge in [0.15, 0.2) is 0 Å². The van der Waals surface area contributed by atoms with Crippen molar-refractivity contribution >= 4 is 11.6 Å². The zero-order valence-electron chi connectivity index (χ0n) is 6.75. The van der Waals surface area contributed by atoms with Crippen LogP contribution < -0.4 is 10.5 Å². The number of nitriles is 1. The monoisotopic (exact) mass is 194 g/mol. The molecule has 0 saturated carbocycles. The first-order valence-corrected chi connectivity index (χ1v) is 4.22. The second-order valence-electron chi connectivity index (χ2n) is 2.91. The molecule has 2 N–H and O–H groups in total. The fourth-order valence-electron chi connectivity index (χ4n) is 1.37. The van der Waals surface area contributed by atoms with Gasteiger partial charge in [0.2, 0.25) is 0 Å². The summed E-state index contributed by atoms with van der Waals surface area (Å²) >= 11 is 5.89. The van der Waals surface area contributed by atoms with E-state index in [1.165, 1.54) is 0 Å². The van der Waals surface area contributed by atoms with Crippen LogP contribution in [0.15, 0.2) is 12.1 Å². The summed E-state index contributed by atoms with van der Waals surface area (Å²) in [5, 5.41) is 9.15. The van der Waals surface area contributed by atoms with E-state index >= 15 is 0 Å². The molecule has 3 nitrogen and oxygen atoms in total. The number of hydrogen-bond donors (Lipinski definition) is 1. The van der Waals surface area contributed by atoms with E-state index in [0.717, 1.165) is 5.56 Å². The lowest BCUT2D eigenvalue weighted by Crippen LogP contribution is -2.10. The summed E-state index contributed by atoms with van der Waals surface area (Å²) in [5.74, 6) is 0.619. The lowest BCUT2D eigenvalue weighted by Gasteiger charge is -2.02. The van der Waals surface area contributed by atoms with Gasteiger partial charge in [0.25, 0.3) is 0 Å². The van der Waals surface area contributed by atoms with Crippen LogP contribution in [0.3, 0.4) is 0 Å². The largest absolute Gasteiger partial charge is 0.490 e. The third kappa shape index (κ3) is 1.24. The van der Waals surface area contributed by atoms with E-state index in [9.17, 15) is 0 Å². The molecule has 2 rings (SSSR count). The second kappa shape index (κ2) is 2.91. The fraction of sp³-hybridized carbons (Fsp3) is 0.222. The summed E-state index contributed by atoms with van der Waals surface area (Å²) in [6, 6.07) is 5.16.